The van der Waals surface area contributed by atoms with E-state index in [2.05, 4.69) is 4.98 Å². The summed E-state index contributed by atoms with van der Waals surface area (Å²) in [5.41, 5.74) is 7.94. The van der Waals surface area contributed by atoms with Crippen molar-refractivity contribution < 1.29 is 9.90 Å². The van der Waals surface area contributed by atoms with Crippen LogP contribution in [0.4, 0.5) is 5.82 Å². The summed E-state index contributed by atoms with van der Waals surface area (Å²) >= 11 is 0. The number of aryl methyl sites for hydroxylation is 2. The molecule has 3 N–H and O–H groups in total. The number of aromatic nitrogens is 1. The number of nitrogens with two attached hydrogens (primary N) is 1. The number of hydrogen-bond donors (Lipinski definition) is 2. The maximum Gasteiger partial charge on any atom is 0.335 e. The highest BCUT2D eigenvalue weighted by Crippen LogP contribution is 2.09. The van der Waals surface area contributed by atoms with E-state index < -0.39 is 5.97 Å². The highest BCUT2D eigenvalue weighted by Gasteiger charge is 2.02. The van der Waals surface area contributed by atoms with Crippen LogP contribution in [0.3, 0.4) is 0 Å². The summed E-state index contributed by atoms with van der Waals surface area (Å²) in [4.78, 5) is 14.9. The molecule has 0 radical (unpaired) electrons. The third-order valence-electron chi connectivity index (χ3n) is 2.70. The van der Waals surface area contributed by atoms with Gasteiger partial charge in [-0.3, -0.25) is 0 Å². The Morgan fingerprint density at radius 3 is 2.44 bits per heavy atom. The smallest absolute Gasteiger partial charge is 0.335 e. The van der Waals surface area contributed by atoms with Gasteiger partial charge in [-0.1, -0.05) is 18.2 Å². The number of rotatable bonds is 4. The zero-order chi connectivity index (χ0) is 13.0. The van der Waals surface area contributed by atoms with E-state index in [1.54, 1.807) is 18.2 Å². The maximum absolute atomic E-state index is 10.7. The minimum absolute atomic E-state index is 0.306. The molecule has 0 saturated heterocycles. The topological polar surface area (TPSA) is 76.2 Å². The molecule has 4 nitrogen and oxygen atoms in total. The monoisotopic (exact) mass is 242 g/mol. The molecule has 4 heteroatoms. The lowest BCUT2D eigenvalue weighted by atomic mass is 10.1. The molecule has 0 saturated carbocycles. The standard InChI is InChI=1S/C14H14N2O2/c15-13-3-1-2-12(16-13)9-6-10-4-7-11(8-5-10)14(17)18/h1-5,7-8H,6,9H2,(H2,15,16)(H,17,18). The van der Waals surface area contributed by atoms with E-state index in [1.807, 2.05) is 24.3 Å². The molecule has 0 atom stereocenters. The molecular formula is C14H14N2O2. The largest absolute Gasteiger partial charge is 0.478 e. The van der Waals surface area contributed by atoms with Crippen LogP contribution in [0.15, 0.2) is 42.5 Å². The Hall–Kier alpha value is -2.36. The second-order valence-electron chi connectivity index (χ2n) is 4.06. The third kappa shape index (κ3) is 3.07. The number of nitrogen functional groups attached to an aromatic ring is 1. The summed E-state index contributed by atoms with van der Waals surface area (Å²) < 4.78 is 0. The maximum atomic E-state index is 10.7. The van der Waals surface area contributed by atoms with E-state index in [9.17, 15) is 4.79 Å². The first kappa shape index (κ1) is 12.1. The molecule has 18 heavy (non-hydrogen) atoms. The van der Waals surface area contributed by atoms with Gasteiger partial charge in [-0.2, -0.15) is 0 Å². The van der Waals surface area contributed by atoms with Gasteiger partial charge in [-0.15, -0.1) is 0 Å². The van der Waals surface area contributed by atoms with Crippen molar-refractivity contribution in [3.05, 3.63) is 59.3 Å². The van der Waals surface area contributed by atoms with Crippen LogP contribution in [0.2, 0.25) is 0 Å². The van der Waals surface area contributed by atoms with Gasteiger partial charge in [0.1, 0.15) is 5.82 Å². The Morgan fingerprint density at radius 1 is 1.11 bits per heavy atom. The SMILES string of the molecule is Nc1cccc(CCc2ccc(C(=O)O)cc2)n1. The van der Waals surface area contributed by atoms with Crippen molar-refractivity contribution in [2.45, 2.75) is 12.8 Å². The van der Waals surface area contributed by atoms with Crippen molar-refractivity contribution in [2.75, 3.05) is 5.73 Å². The van der Waals surface area contributed by atoms with Crippen LogP contribution in [-0.2, 0) is 12.8 Å². The quantitative estimate of drug-likeness (QED) is 0.861. The molecule has 0 bridgehead atoms. The van der Waals surface area contributed by atoms with Gasteiger partial charge in [0.15, 0.2) is 0 Å². The minimum atomic E-state index is -0.904. The van der Waals surface area contributed by atoms with Gasteiger partial charge < -0.3 is 10.8 Å². The first-order valence-corrected chi connectivity index (χ1v) is 5.69. The van der Waals surface area contributed by atoms with Gasteiger partial charge in [0.25, 0.3) is 0 Å². The summed E-state index contributed by atoms with van der Waals surface area (Å²) in [6.07, 6.45) is 1.60. The fourth-order valence-electron chi connectivity index (χ4n) is 1.72. The number of benzene rings is 1. The van der Waals surface area contributed by atoms with E-state index in [1.165, 1.54) is 0 Å². The minimum Gasteiger partial charge on any atom is -0.478 e. The lowest BCUT2D eigenvalue weighted by Crippen LogP contribution is -1.99. The summed E-state index contributed by atoms with van der Waals surface area (Å²) in [6, 6.07) is 12.5. The second kappa shape index (κ2) is 5.31. The molecule has 2 aromatic rings. The molecular weight excluding hydrogens is 228 g/mol. The molecule has 1 aromatic carbocycles. The zero-order valence-electron chi connectivity index (χ0n) is 9.84. The van der Waals surface area contributed by atoms with Gasteiger partial charge in [0, 0.05) is 5.69 Å². The van der Waals surface area contributed by atoms with Gasteiger partial charge >= 0.3 is 5.97 Å². The number of carboxylic acid groups (broad SMARTS) is 1. The van der Waals surface area contributed by atoms with Crippen LogP contribution < -0.4 is 5.73 Å². The molecule has 0 amide bonds. The Labute approximate surface area is 105 Å². The average Bonchev–Trinajstić information content (AvgIpc) is 2.37. The number of pyridine rings is 1. The van der Waals surface area contributed by atoms with E-state index in [4.69, 9.17) is 10.8 Å². The number of anilines is 1. The van der Waals surface area contributed by atoms with Crippen molar-refractivity contribution in [3.63, 3.8) is 0 Å². The van der Waals surface area contributed by atoms with Crippen LogP contribution in [-0.4, -0.2) is 16.1 Å². The van der Waals surface area contributed by atoms with Crippen molar-refractivity contribution >= 4 is 11.8 Å². The highest BCUT2D eigenvalue weighted by atomic mass is 16.4. The number of aromatic carboxylic acids is 1. The molecule has 0 aliphatic heterocycles. The second-order valence-corrected chi connectivity index (χ2v) is 4.06. The molecule has 0 fully saturated rings. The Kier molecular flexibility index (Phi) is 3.57. The lowest BCUT2D eigenvalue weighted by molar-refractivity contribution is 0.0697. The number of hydrogen-bond acceptors (Lipinski definition) is 3. The van der Waals surface area contributed by atoms with Crippen LogP contribution in [0, 0.1) is 0 Å². The van der Waals surface area contributed by atoms with Crippen molar-refractivity contribution in [3.8, 4) is 0 Å². The molecule has 92 valence electrons. The van der Waals surface area contributed by atoms with E-state index in [-0.39, 0.29) is 0 Å². The average molecular weight is 242 g/mol. The first-order chi connectivity index (χ1) is 8.65. The van der Waals surface area contributed by atoms with Crippen LogP contribution in [0.25, 0.3) is 0 Å². The summed E-state index contributed by atoms with van der Waals surface area (Å²) in [7, 11) is 0. The fourth-order valence-corrected chi connectivity index (χ4v) is 1.72. The van der Waals surface area contributed by atoms with E-state index in [0.29, 0.717) is 11.4 Å². The highest BCUT2D eigenvalue weighted by molar-refractivity contribution is 5.87. The molecule has 0 aliphatic carbocycles. The Bertz CT molecular complexity index is 550. The Balaban J connectivity index is 2.00. The van der Waals surface area contributed by atoms with Crippen LogP contribution in [0.5, 0.6) is 0 Å². The first-order valence-electron chi connectivity index (χ1n) is 5.69. The zero-order valence-corrected chi connectivity index (χ0v) is 9.84. The van der Waals surface area contributed by atoms with Crippen LogP contribution in [0.1, 0.15) is 21.6 Å². The third-order valence-corrected chi connectivity index (χ3v) is 2.70. The van der Waals surface area contributed by atoms with Gasteiger partial charge in [0.05, 0.1) is 5.56 Å². The summed E-state index contributed by atoms with van der Waals surface area (Å²) in [5, 5.41) is 8.79. The van der Waals surface area contributed by atoms with Gasteiger partial charge in [-0.05, 0) is 42.7 Å². The van der Waals surface area contributed by atoms with Crippen LogP contribution >= 0.6 is 0 Å². The fraction of sp³-hybridized carbons (Fsp3) is 0.143. The van der Waals surface area contributed by atoms with E-state index in [0.717, 1.165) is 24.1 Å². The lowest BCUT2D eigenvalue weighted by Gasteiger charge is -2.03. The van der Waals surface area contributed by atoms with Gasteiger partial charge in [0.2, 0.25) is 0 Å². The summed E-state index contributed by atoms with van der Waals surface area (Å²) in [6.45, 7) is 0. The predicted octanol–water partition coefficient (Wildman–Crippen LogP) is 2.15. The Morgan fingerprint density at radius 2 is 1.83 bits per heavy atom. The molecule has 2 rings (SSSR count). The molecule has 1 heterocycles. The molecule has 1 aromatic heterocycles. The van der Waals surface area contributed by atoms with Crippen molar-refractivity contribution in [2.24, 2.45) is 0 Å². The van der Waals surface area contributed by atoms with E-state index >= 15 is 0 Å². The molecule has 0 aliphatic rings. The number of carbonyl (C=O) groups is 1. The molecule has 0 unspecified atom stereocenters. The normalized spacial score (nSPS) is 10.2. The molecule has 0 spiro atoms. The summed E-state index contributed by atoms with van der Waals surface area (Å²) in [5.74, 6) is -0.382. The van der Waals surface area contributed by atoms with Crippen molar-refractivity contribution in [1.29, 1.82) is 0 Å². The predicted molar refractivity (Wildman–Crippen MR) is 69.5 cm³/mol. The number of carboxylic acids is 1. The number of nitrogens with zero attached hydrogens (tertiary/aromatic N) is 1. The van der Waals surface area contributed by atoms with Crippen molar-refractivity contribution in [1.82, 2.24) is 4.98 Å². The van der Waals surface area contributed by atoms with Gasteiger partial charge in [-0.25, -0.2) is 9.78 Å².